The monoisotopic (exact) mass is 200 g/mol. The Labute approximate surface area is 78.4 Å². The molecule has 2 rings (SSSR count). The van der Waals surface area contributed by atoms with Crippen LogP contribution in [0.25, 0.3) is 0 Å². The lowest BCUT2D eigenvalue weighted by Gasteiger charge is -1.98. The van der Waals surface area contributed by atoms with Gasteiger partial charge in [-0.1, -0.05) is 11.6 Å². The second-order valence-corrected chi connectivity index (χ2v) is 3.00. The van der Waals surface area contributed by atoms with Gasteiger partial charge in [-0.25, -0.2) is 0 Å². The van der Waals surface area contributed by atoms with Gasteiger partial charge in [0.25, 0.3) is 0 Å². The van der Waals surface area contributed by atoms with Gasteiger partial charge in [-0.2, -0.15) is 0 Å². The minimum absolute atomic E-state index is 0.228. The van der Waals surface area contributed by atoms with Crippen molar-refractivity contribution in [2.75, 3.05) is 6.61 Å². The fourth-order valence-corrected chi connectivity index (χ4v) is 1.46. The predicted octanol–water partition coefficient (Wildman–Crippen LogP) is 1.58. The van der Waals surface area contributed by atoms with E-state index in [1.807, 2.05) is 0 Å². The quantitative estimate of drug-likeness (QED) is 0.510. The Morgan fingerprint density at radius 3 is 3.15 bits per heavy atom. The molecule has 1 aliphatic heterocycles. The first-order valence-corrected chi connectivity index (χ1v) is 4.03. The molecule has 0 aliphatic carbocycles. The smallest absolute Gasteiger partial charge is 0.365 e. The fraction of sp³-hybridized carbons (Fsp3) is 0.286. The molecule has 13 heavy (non-hydrogen) atoms. The summed E-state index contributed by atoms with van der Waals surface area (Å²) in [6.45, 7) is 0.489. The van der Waals surface area contributed by atoms with Crippen molar-refractivity contribution in [1.29, 1.82) is 0 Å². The van der Waals surface area contributed by atoms with Gasteiger partial charge in [0, 0.05) is 0 Å². The predicted molar refractivity (Wildman–Crippen MR) is 45.1 cm³/mol. The number of halogens is 1. The fourth-order valence-electron chi connectivity index (χ4n) is 1.20. The average Bonchev–Trinajstić information content (AvgIpc) is 2.51. The molecule has 0 radical (unpaired) electrons. The number of aromatic nitrogens is 1. The van der Waals surface area contributed by atoms with Crippen LogP contribution in [-0.2, 0) is 6.42 Å². The lowest BCUT2D eigenvalue weighted by atomic mass is 10.3. The number of rotatable bonds is 1. The van der Waals surface area contributed by atoms with E-state index < -0.39 is 4.92 Å². The Kier molecular flexibility index (Phi) is 1.81. The summed E-state index contributed by atoms with van der Waals surface area (Å²) >= 11 is 5.75. The Morgan fingerprint density at radius 2 is 2.46 bits per heavy atom. The van der Waals surface area contributed by atoms with E-state index in [-0.39, 0.29) is 10.8 Å². The third-order valence-corrected chi connectivity index (χ3v) is 2.04. The first-order chi connectivity index (χ1) is 6.18. The zero-order valence-corrected chi connectivity index (χ0v) is 7.24. The molecule has 6 heteroatoms. The van der Waals surface area contributed by atoms with Crippen LogP contribution in [0.15, 0.2) is 6.07 Å². The number of hydrogen-bond donors (Lipinski definition) is 0. The van der Waals surface area contributed by atoms with Crippen LogP contribution in [0.5, 0.6) is 5.75 Å². The van der Waals surface area contributed by atoms with Gasteiger partial charge < -0.3 is 14.9 Å². The van der Waals surface area contributed by atoms with Crippen molar-refractivity contribution >= 4 is 17.4 Å². The van der Waals surface area contributed by atoms with Crippen LogP contribution >= 0.6 is 11.6 Å². The lowest BCUT2D eigenvalue weighted by Crippen LogP contribution is -1.94. The van der Waals surface area contributed by atoms with Gasteiger partial charge in [0.15, 0.2) is 11.4 Å². The van der Waals surface area contributed by atoms with Gasteiger partial charge in [-0.15, -0.1) is 0 Å². The van der Waals surface area contributed by atoms with E-state index in [2.05, 4.69) is 4.98 Å². The average molecular weight is 201 g/mol. The van der Waals surface area contributed by atoms with Crippen molar-refractivity contribution in [2.45, 2.75) is 6.42 Å². The highest BCUT2D eigenvalue weighted by atomic mass is 35.5. The maximum absolute atomic E-state index is 10.4. The first kappa shape index (κ1) is 8.25. The highest BCUT2D eigenvalue weighted by Gasteiger charge is 2.25. The molecule has 1 aromatic rings. The summed E-state index contributed by atoms with van der Waals surface area (Å²) in [4.78, 5) is 13.6. The van der Waals surface area contributed by atoms with E-state index in [1.165, 1.54) is 6.07 Å². The molecule has 0 atom stereocenters. The van der Waals surface area contributed by atoms with Gasteiger partial charge >= 0.3 is 5.82 Å². The summed E-state index contributed by atoms with van der Waals surface area (Å²) < 4.78 is 5.15. The molecular formula is C7H5ClN2O3. The number of ether oxygens (including phenoxy) is 1. The molecule has 0 fully saturated rings. The number of fused-ring (bicyclic) bond motifs is 1. The molecular weight excluding hydrogens is 196 g/mol. The van der Waals surface area contributed by atoms with Crippen LogP contribution in [0.4, 0.5) is 5.82 Å². The molecule has 0 amide bonds. The number of nitro groups is 1. The van der Waals surface area contributed by atoms with Crippen molar-refractivity contribution in [3.63, 3.8) is 0 Å². The molecule has 68 valence electrons. The molecule has 0 bridgehead atoms. The van der Waals surface area contributed by atoms with Gasteiger partial charge in [0.1, 0.15) is 0 Å². The summed E-state index contributed by atoms with van der Waals surface area (Å²) in [5, 5.41) is 10.7. The molecule has 0 N–H and O–H groups in total. The molecule has 0 saturated carbocycles. The number of pyridine rings is 1. The molecule has 5 nitrogen and oxygen atoms in total. The van der Waals surface area contributed by atoms with Gasteiger partial charge in [-0.05, 0) is 9.91 Å². The van der Waals surface area contributed by atoms with Crippen LogP contribution in [0.2, 0.25) is 5.02 Å². The highest BCUT2D eigenvalue weighted by molar-refractivity contribution is 6.32. The van der Waals surface area contributed by atoms with E-state index in [4.69, 9.17) is 16.3 Å². The number of nitrogens with zero attached hydrogens (tertiary/aromatic N) is 2. The Bertz CT molecular complexity index is 380. The lowest BCUT2D eigenvalue weighted by molar-refractivity contribution is -0.389. The van der Waals surface area contributed by atoms with Crippen LogP contribution in [0, 0.1) is 10.1 Å². The third-order valence-electron chi connectivity index (χ3n) is 1.76. The third kappa shape index (κ3) is 1.31. The molecule has 0 unspecified atom stereocenters. The van der Waals surface area contributed by atoms with Gasteiger partial charge in [0.05, 0.1) is 24.1 Å². The van der Waals surface area contributed by atoms with Crippen LogP contribution < -0.4 is 4.74 Å². The SMILES string of the molecule is O=[N+]([O-])c1cc(Cl)c2c(n1)CCO2. The van der Waals surface area contributed by atoms with Crippen LogP contribution in [-0.4, -0.2) is 16.5 Å². The van der Waals surface area contributed by atoms with Gasteiger partial charge in [-0.3, -0.25) is 0 Å². The molecule has 0 saturated heterocycles. The Balaban J connectivity index is 2.55. The van der Waals surface area contributed by atoms with E-state index in [0.717, 1.165) is 0 Å². The largest absolute Gasteiger partial charge is 0.487 e. The molecule has 0 aromatic carbocycles. The zero-order chi connectivity index (χ0) is 9.42. The minimum atomic E-state index is -0.565. The maximum Gasteiger partial charge on any atom is 0.365 e. The summed E-state index contributed by atoms with van der Waals surface area (Å²) in [6, 6.07) is 1.20. The van der Waals surface area contributed by atoms with Crippen molar-refractivity contribution in [3.05, 3.63) is 26.9 Å². The van der Waals surface area contributed by atoms with E-state index in [0.29, 0.717) is 24.5 Å². The second-order valence-electron chi connectivity index (χ2n) is 2.59. The highest BCUT2D eigenvalue weighted by Crippen LogP contribution is 2.34. The van der Waals surface area contributed by atoms with E-state index in [1.54, 1.807) is 0 Å². The number of hydrogen-bond acceptors (Lipinski definition) is 4. The maximum atomic E-state index is 10.4. The summed E-state index contributed by atoms with van der Waals surface area (Å²) in [5.74, 6) is 0.251. The summed E-state index contributed by atoms with van der Waals surface area (Å²) in [7, 11) is 0. The molecule has 1 aliphatic rings. The Hall–Kier alpha value is -1.36. The van der Waals surface area contributed by atoms with Crippen LogP contribution in [0.3, 0.4) is 0 Å². The zero-order valence-electron chi connectivity index (χ0n) is 6.49. The molecule has 2 heterocycles. The standard InChI is InChI=1S/C7H5ClN2O3/c8-4-3-6(10(11)12)9-5-1-2-13-7(4)5/h3H,1-2H2. The van der Waals surface area contributed by atoms with Crippen LogP contribution in [0.1, 0.15) is 5.69 Å². The second kappa shape index (κ2) is 2.85. The Morgan fingerprint density at radius 1 is 1.69 bits per heavy atom. The van der Waals surface area contributed by atoms with Crippen molar-refractivity contribution in [1.82, 2.24) is 4.98 Å². The topological polar surface area (TPSA) is 65.3 Å². The first-order valence-electron chi connectivity index (χ1n) is 3.65. The molecule has 1 aromatic heterocycles. The van der Waals surface area contributed by atoms with Crippen molar-refractivity contribution < 1.29 is 9.66 Å². The molecule has 0 spiro atoms. The summed E-state index contributed by atoms with van der Waals surface area (Å²) in [6.07, 6.45) is 0.580. The normalized spacial score (nSPS) is 13.6. The van der Waals surface area contributed by atoms with E-state index >= 15 is 0 Å². The van der Waals surface area contributed by atoms with Crippen molar-refractivity contribution in [3.8, 4) is 5.75 Å². The minimum Gasteiger partial charge on any atom is -0.487 e. The van der Waals surface area contributed by atoms with E-state index in [9.17, 15) is 10.1 Å². The van der Waals surface area contributed by atoms with Gasteiger partial charge in [0.2, 0.25) is 0 Å². The van der Waals surface area contributed by atoms with Crippen molar-refractivity contribution in [2.24, 2.45) is 0 Å². The summed E-state index contributed by atoms with van der Waals surface area (Å²) in [5.41, 5.74) is 0.569.